The molecule has 96 valence electrons. The number of nitrogens with zero attached hydrogens (tertiary/aromatic N) is 1. The van der Waals surface area contributed by atoms with Gasteiger partial charge in [0.25, 0.3) is 0 Å². The second-order valence-corrected chi connectivity index (χ2v) is 6.23. The Morgan fingerprint density at radius 1 is 1.41 bits per heavy atom. The maximum absolute atomic E-state index is 6.13. The minimum Gasteiger partial charge on any atom is -0.487 e. The summed E-state index contributed by atoms with van der Waals surface area (Å²) in [4.78, 5) is 4.09. The Labute approximate surface area is 112 Å². The Morgan fingerprint density at radius 2 is 2.06 bits per heavy atom. The Bertz CT molecular complexity index is 363. The molecule has 2 atom stereocenters. The molecule has 0 aromatic carbocycles. The van der Waals surface area contributed by atoms with Crippen molar-refractivity contribution in [2.24, 2.45) is 11.1 Å². The molecule has 0 spiro atoms. The van der Waals surface area contributed by atoms with Gasteiger partial charge in [0.15, 0.2) is 0 Å². The Morgan fingerprint density at radius 3 is 2.53 bits per heavy atom. The summed E-state index contributed by atoms with van der Waals surface area (Å²) in [5.41, 5.74) is 6.13. The van der Waals surface area contributed by atoms with Crippen LogP contribution in [0.4, 0.5) is 0 Å². The van der Waals surface area contributed by atoms with E-state index >= 15 is 0 Å². The number of pyridine rings is 1. The molecule has 0 aliphatic carbocycles. The van der Waals surface area contributed by atoms with E-state index in [1.54, 1.807) is 12.4 Å². The molecule has 0 radical (unpaired) electrons. The van der Waals surface area contributed by atoms with Crippen molar-refractivity contribution in [3.8, 4) is 5.75 Å². The van der Waals surface area contributed by atoms with Crippen molar-refractivity contribution in [1.82, 2.24) is 4.98 Å². The zero-order valence-electron chi connectivity index (χ0n) is 10.9. The van der Waals surface area contributed by atoms with E-state index in [1.807, 2.05) is 6.07 Å². The molecule has 1 heterocycles. The van der Waals surface area contributed by atoms with Crippen LogP contribution in [-0.2, 0) is 0 Å². The van der Waals surface area contributed by atoms with Gasteiger partial charge in [-0.1, -0.05) is 27.7 Å². The van der Waals surface area contributed by atoms with Gasteiger partial charge in [-0.25, -0.2) is 0 Å². The SMILES string of the molecule is CCC(N)C(Oc1cncc(Br)c1)C(C)(C)C. The van der Waals surface area contributed by atoms with E-state index in [0.29, 0.717) is 0 Å². The molecule has 4 heteroatoms. The third-order valence-corrected chi connectivity index (χ3v) is 3.09. The standard InChI is InChI=1S/C13H21BrN2O/c1-5-11(15)12(13(2,3)4)17-10-6-9(14)7-16-8-10/h6-8,11-12H,5,15H2,1-4H3. The summed E-state index contributed by atoms with van der Waals surface area (Å²) in [6.07, 6.45) is 4.32. The van der Waals surface area contributed by atoms with Crippen molar-refractivity contribution in [3.05, 3.63) is 22.9 Å². The van der Waals surface area contributed by atoms with Crippen molar-refractivity contribution in [2.45, 2.75) is 46.3 Å². The van der Waals surface area contributed by atoms with E-state index in [9.17, 15) is 0 Å². The third kappa shape index (κ3) is 4.28. The summed E-state index contributed by atoms with van der Waals surface area (Å²) in [5, 5.41) is 0. The molecule has 0 aliphatic rings. The van der Waals surface area contributed by atoms with Crippen LogP contribution in [0.25, 0.3) is 0 Å². The predicted molar refractivity (Wildman–Crippen MR) is 74.1 cm³/mol. The molecule has 17 heavy (non-hydrogen) atoms. The van der Waals surface area contributed by atoms with E-state index < -0.39 is 0 Å². The lowest BCUT2D eigenvalue weighted by Gasteiger charge is -2.35. The molecule has 0 fully saturated rings. The van der Waals surface area contributed by atoms with Crippen LogP contribution in [0.15, 0.2) is 22.9 Å². The van der Waals surface area contributed by atoms with Crippen LogP contribution in [0.5, 0.6) is 5.75 Å². The molecule has 1 rings (SSSR count). The maximum Gasteiger partial charge on any atom is 0.139 e. The van der Waals surface area contributed by atoms with E-state index in [2.05, 4.69) is 48.6 Å². The fourth-order valence-corrected chi connectivity index (χ4v) is 2.07. The first-order valence-corrected chi connectivity index (χ1v) is 6.66. The lowest BCUT2D eigenvalue weighted by Crippen LogP contribution is -2.47. The summed E-state index contributed by atoms with van der Waals surface area (Å²) < 4.78 is 6.90. The summed E-state index contributed by atoms with van der Waals surface area (Å²) in [6, 6.07) is 1.93. The summed E-state index contributed by atoms with van der Waals surface area (Å²) in [7, 11) is 0. The van der Waals surface area contributed by atoms with Gasteiger partial charge in [-0.3, -0.25) is 4.98 Å². The van der Waals surface area contributed by atoms with Crippen LogP contribution in [0, 0.1) is 5.41 Å². The highest BCUT2D eigenvalue weighted by Crippen LogP contribution is 2.28. The Hall–Kier alpha value is -0.610. The van der Waals surface area contributed by atoms with Gasteiger partial charge in [0.1, 0.15) is 11.9 Å². The second kappa shape index (κ2) is 5.83. The highest BCUT2D eigenvalue weighted by Gasteiger charge is 2.31. The van der Waals surface area contributed by atoms with Crippen LogP contribution < -0.4 is 10.5 Å². The molecule has 2 unspecified atom stereocenters. The quantitative estimate of drug-likeness (QED) is 0.927. The lowest BCUT2D eigenvalue weighted by atomic mass is 9.84. The zero-order chi connectivity index (χ0) is 13.1. The van der Waals surface area contributed by atoms with Crippen LogP contribution >= 0.6 is 15.9 Å². The lowest BCUT2D eigenvalue weighted by molar-refractivity contribution is 0.0618. The van der Waals surface area contributed by atoms with Crippen molar-refractivity contribution >= 4 is 15.9 Å². The number of hydrogen-bond donors (Lipinski definition) is 1. The number of hydrogen-bond acceptors (Lipinski definition) is 3. The van der Waals surface area contributed by atoms with Crippen molar-refractivity contribution in [3.63, 3.8) is 0 Å². The molecular weight excluding hydrogens is 280 g/mol. The van der Waals surface area contributed by atoms with E-state index in [1.165, 1.54) is 0 Å². The van der Waals surface area contributed by atoms with Crippen molar-refractivity contribution in [2.75, 3.05) is 0 Å². The first-order chi connectivity index (χ1) is 7.84. The molecule has 0 aliphatic heterocycles. The van der Waals surface area contributed by atoms with Gasteiger partial charge >= 0.3 is 0 Å². The third-order valence-electron chi connectivity index (χ3n) is 2.66. The largest absolute Gasteiger partial charge is 0.487 e. The first kappa shape index (κ1) is 14.5. The van der Waals surface area contributed by atoms with E-state index in [0.717, 1.165) is 16.6 Å². The molecule has 1 aromatic rings. The Kier molecular flexibility index (Phi) is 4.95. The number of rotatable bonds is 4. The molecule has 0 saturated carbocycles. The van der Waals surface area contributed by atoms with Gasteiger partial charge in [-0.05, 0) is 28.4 Å². The average molecular weight is 301 g/mol. The molecule has 0 amide bonds. The van der Waals surface area contributed by atoms with Crippen LogP contribution in [0.2, 0.25) is 0 Å². The fourth-order valence-electron chi connectivity index (χ4n) is 1.72. The van der Waals surface area contributed by atoms with Gasteiger partial charge < -0.3 is 10.5 Å². The zero-order valence-corrected chi connectivity index (χ0v) is 12.5. The molecule has 3 nitrogen and oxygen atoms in total. The van der Waals surface area contributed by atoms with Gasteiger partial charge in [0.05, 0.1) is 6.20 Å². The Balaban J connectivity index is 2.87. The molecular formula is C13H21BrN2O. The molecule has 1 aromatic heterocycles. The summed E-state index contributed by atoms with van der Waals surface area (Å²) in [6.45, 7) is 8.49. The highest BCUT2D eigenvalue weighted by atomic mass is 79.9. The number of nitrogens with two attached hydrogens (primary N) is 1. The van der Waals surface area contributed by atoms with Crippen LogP contribution in [0.3, 0.4) is 0 Å². The van der Waals surface area contributed by atoms with Crippen molar-refractivity contribution < 1.29 is 4.74 Å². The number of aromatic nitrogens is 1. The number of ether oxygens (including phenoxy) is 1. The first-order valence-electron chi connectivity index (χ1n) is 5.87. The topological polar surface area (TPSA) is 48.1 Å². The van der Waals surface area contributed by atoms with Gasteiger partial charge in [0, 0.05) is 22.1 Å². The summed E-state index contributed by atoms with van der Waals surface area (Å²) in [5.74, 6) is 0.753. The monoisotopic (exact) mass is 300 g/mol. The van der Waals surface area contributed by atoms with Crippen molar-refractivity contribution in [1.29, 1.82) is 0 Å². The molecule has 0 bridgehead atoms. The van der Waals surface area contributed by atoms with Crippen LogP contribution in [0.1, 0.15) is 34.1 Å². The van der Waals surface area contributed by atoms with Gasteiger partial charge in [-0.15, -0.1) is 0 Å². The minimum absolute atomic E-state index is 0.00224. The highest BCUT2D eigenvalue weighted by molar-refractivity contribution is 9.10. The molecule has 2 N–H and O–H groups in total. The smallest absolute Gasteiger partial charge is 0.139 e. The van der Waals surface area contributed by atoms with Gasteiger partial charge in [-0.2, -0.15) is 0 Å². The van der Waals surface area contributed by atoms with E-state index in [-0.39, 0.29) is 17.6 Å². The van der Waals surface area contributed by atoms with Crippen LogP contribution in [-0.4, -0.2) is 17.1 Å². The maximum atomic E-state index is 6.13. The fraction of sp³-hybridized carbons (Fsp3) is 0.615. The normalized spacial score (nSPS) is 15.4. The minimum atomic E-state index is -0.0244. The van der Waals surface area contributed by atoms with E-state index in [4.69, 9.17) is 10.5 Å². The van der Waals surface area contributed by atoms with Gasteiger partial charge in [0.2, 0.25) is 0 Å². The average Bonchev–Trinajstić information content (AvgIpc) is 2.23. The molecule has 0 saturated heterocycles. The predicted octanol–water partition coefficient (Wildman–Crippen LogP) is 3.37. The second-order valence-electron chi connectivity index (χ2n) is 5.32. The number of halogens is 1. The summed E-state index contributed by atoms with van der Waals surface area (Å²) >= 11 is 3.38.